The van der Waals surface area contributed by atoms with Crippen LogP contribution in [0.5, 0.6) is 0 Å². The molecule has 0 atom stereocenters. The molecule has 23 heavy (non-hydrogen) atoms. The van der Waals surface area contributed by atoms with Crippen LogP contribution in [0.1, 0.15) is 10.4 Å². The van der Waals surface area contributed by atoms with E-state index in [4.69, 9.17) is 27.5 Å². The van der Waals surface area contributed by atoms with E-state index in [1.54, 1.807) is 100 Å². The second kappa shape index (κ2) is 21.0. The third-order valence-corrected chi connectivity index (χ3v) is 26.8. The fraction of sp³-hybridized carbons (Fsp3) is 0.429. The molecular weight excluding hydrogens is 581 g/mol. The van der Waals surface area contributed by atoms with Crippen molar-refractivity contribution in [3.8, 4) is 0 Å². The molecule has 16 heteroatoms. The molecule has 0 aromatic carbocycles. The van der Waals surface area contributed by atoms with E-state index in [1.165, 1.54) is 28.2 Å². The Kier molecular flexibility index (Phi) is 23.6. The van der Waals surface area contributed by atoms with Gasteiger partial charge in [0.05, 0.1) is 0 Å². The monoisotopic (exact) mass is 590 g/mol. The van der Waals surface area contributed by atoms with E-state index >= 15 is 0 Å². The summed E-state index contributed by atoms with van der Waals surface area (Å²) in [6.07, 6.45) is 0.796. The maximum absolute atomic E-state index is 8.53. The molecule has 0 aliphatic rings. The maximum Gasteiger partial charge on any atom is 0.0471 e. The van der Waals surface area contributed by atoms with E-state index in [0.29, 0.717) is 0 Å². The molecule has 0 aliphatic heterocycles. The molecule has 1 aromatic heterocycles. The molecule has 1 aromatic rings. The van der Waals surface area contributed by atoms with E-state index in [1.807, 2.05) is 0 Å². The second-order valence-electron chi connectivity index (χ2n) is 2.86. The van der Waals surface area contributed by atoms with Gasteiger partial charge in [-0.25, -0.2) is 0 Å². The first-order valence-electron chi connectivity index (χ1n) is 5.14. The van der Waals surface area contributed by atoms with Gasteiger partial charge in [-0.1, -0.05) is 0 Å². The van der Waals surface area contributed by atoms with Gasteiger partial charge in [-0.3, -0.25) is 0 Å². The molecule has 0 saturated heterocycles. The highest BCUT2D eigenvalue weighted by atomic mass is 33.5. The molecule has 0 spiro atoms. The highest BCUT2D eigenvalue weighted by molar-refractivity contribution is 8.76. The Balaban J connectivity index is 0.000000459. The van der Waals surface area contributed by atoms with Gasteiger partial charge in [-0.15, -0.1) is 11.3 Å². The molecule has 0 unspecified atom stereocenters. The van der Waals surface area contributed by atoms with Crippen LogP contribution in [0, 0.1) is 6.92 Å². The van der Waals surface area contributed by atoms with Crippen LogP contribution in [0.3, 0.4) is 0 Å². The van der Waals surface area contributed by atoms with Gasteiger partial charge >= 0.3 is 0 Å². The molecule has 0 amide bonds. The zero-order valence-electron chi connectivity index (χ0n) is 11.1. The molecule has 0 aliphatic carbocycles. The van der Waals surface area contributed by atoms with Crippen molar-refractivity contribution >= 4 is 140 Å². The van der Waals surface area contributed by atoms with Gasteiger partial charge in [0, 0.05) is 140 Å². The molecule has 1 N–H and O–H groups in total. The number of aryl methyl sites for hydroxylation is 1. The summed E-state index contributed by atoms with van der Waals surface area (Å²) in [5.41, 5.74) is 1.25. The van der Waals surface area contributed by atoms with E-state index in [0.717, 1.165) is 6.42 Å². The predicted octanol–water partition coefficient (Wildman–Crippen LogP) is 1.56. The minimum Gasteiger partial charge on any atom is -0.396 e. The van der Waals surface area contributed by atoms with Crippen molar-refractivity contribution in [2.75, 3.05) is 6.61 Å². The van der Waals surface area contributed by atoms with Crippen molar-refractivity contribution in [1.82, 2.24) is 0 Å². The van der Waals surface area contributed by atoms with E-state index in [-0.39, 0.29) is 6.61 Å². The molecule has 0 bridgehead atoms. The third kappa shape index (κ3) is 19.3. The van der Waals surface area contributed by atoms with Gasteiger partial charge < -0.3 is 5.11 Å². The standard InChI is InChI=1S/C7H10OS.S14/c1-6-4-7(2-3-8)5-9-6;1-3-5-7-9-11-13-14-12-10-8-6-4-2/h4-5,8H,2-3H2,1H3;. The van der Waals surface area contributed by atoms with Crippen LogP contribution in [0.4, 0.5) is 0 Å². The SMILES string of the molecule is Cc1cc(CCO)cs1.S=S=S=S=S=S=S=S=S=S=S=S=S=S. The normalized spacial score (nSPS) is 8.26. The van der Waals surface area contributed by atoms with E-state index in [9.17, 15) is 0 Å². The summed E-state index contributed by atoms with van der Waals surface area (Å²) in [5, 5.41) is 10.6. The van der Waals surface area contributed by atoms with Gasteiger partial charge in [0.25, 0.3) is 0 Å². The van der Waals surface area contributed by atoms with Crippen LogP contribution < -0.4 is 0 Å². The highest BCUT2D eigenvalue weighted by Gasteiger charge is 1.92. The molecule has 0 radical (unpaired) electrons. The van der Waals surface area contributed by atoms with Gasteiger partial charge in [0.2, 0.25) is 0 Å². The van der Waals surface area contributed by atoms with E-state index in [2.05, 4.69) is 18.4 Å². The Morgan fingerprint density at radius 3 is 1.61 bits per heavy atom. The van der Waals surface area contributed by atoms with Crippen molar-refractivity contribution in [1.29, 1.82) is 0 Å². The van der Waals surface area contributed by atoms with Crippen molar-refractivity contribution < 1.29 is 5.11 Å². The topological polar surface area (TPSA) is 20.2 Å². The number of thiophene rings is 1. The summed E-state index contributed by atoms with van der Waals surface area (Å²) in [4.78, 5) is 1.32. The Bertz CT molecular complexity index is 900. The van der Waals surface area contributed by atoms with E-state index < -0.39 is 0 Å². The number of rotatable bonds is 2. The third-order valence-electron chi connectivity index (χ3n) is 1.49. The molecule has 1 heterocycles. The predicted molar refractivity (Wildman–Crippen MR) is 143 cm³/mol. The fourth-order valence-electron chi connectivity index (χ4n) is 0.871. The molecule has 0 fully saturated rings. The number of hydrogen-bond donors (Lipinski definition) is 1. The number of aliphatic hydroxyl groups excluding tert-OH is 1. The first-order chi connectivity index (χ1) is 11.2. The second-order valence-corrected chi connectivity index (χ2v) is 25.2. The molecule has 1 nitrogen and oxygen atoms in total. The molecule has 0 saturated carbocycles. The lowest BCUT2D eigenvalue weighted by molar-refractivity contribution is 0.300. The maximum atomic E-state index is 8.53. The summed E-state index contributed by atoms with van der Waals surface area (Å²) in [6.45, 7) is 2.34. The Hall–Kier alpha value is 2.74. The summed E-state index contributed by atoms with van der Waals surface area (Å²) < 4.78 is 0. The summed E-state index contributed by atoms with van der Waals surface area (Å²) in [6, 6.07) is 2.11. The van der Waals surface area contributed by atoms with Gasteiger partial charge in [-0.2, -0.15) is 0 Å². The zero-order valence-corrected chi connectivity index (χ0v) is 23.4. The van der Waals surface area contributed by atoms with Crippen molar-refractivity contribution in [3.63, 3.8) is 0 Å². The smallest absolute Gasteiger partial charge is 0.0471 e. The highest BCUT2D eigenvalue weighted by Crippen LogP contribution is 2.12. The first kappa shape index (κ1) is 25.7. The molecule has 1 rings (SSSR count). The average Bonchev–Trinajstić information content (AvgIpc) is 2.95. The Labute approximate surface area is 184 Å². The van der Waals surface area contributed by atoms with Crippen LogP contribution >= 0.6 is 11.3 Å². The summed E-state index contributed by atoms with van der Waals surface area (Å²) in [5.74, 6) is 0. The molecule has 134 valence electrons. The number of hydrogen-bond acceptors (Lipinski definition) is 4. The largest absolute Gasteiger partial charge is 0.396 e. The lowest BCUT2D eigenvalue weighted by Crippen LogP contribution is -1.85. The van der Waals surface area contributed by atoms with Gasteiger partial charge in [-0.05, 0) is 30.4 Å². The van der Waals surface area contributed by atoms with Gasteiger partial charge in [0.1, 0.15) is 0 Å². The van der Waals surface area contributed by atoms with Crippen molar-refractivity contribution in [2.45, 2.75) is 13.3 Å². The van der Waals surface area contributed by atoms with Crippen LogP contribution in [0.2, 0.25) is 0 Å². The zero-order chi connectivity index (χ0) is 17.2. The Morgan fingerprint density at radius 1 is 0.870 bits per heavy atom. The lowest BCUT2D eigenvalue weighted by Gasteiger charge is -1.86. The first-order valence-corrected chi connectivity index (χ1v) is 23.4. The molecular formula is C7H10OS15. The quantitative estimate of drug-likeness (QED) is 0.565. The lowest BCUT2D eigenvalue weighted by atomic mass is 10.2. The fourth-order valence-corrected chi connectivity index (χ4v) is 29.1. The van der Waals surface area contributed by atoms with Crippen LogP contribution in [-0.2, 0) is 135 Å². The average molecular weight is 591 g/mol. The van der Waals surface area contributed by atoms with Crippen LogP contribution in [0.15, 0.2) is 11.4 Å². The van der Waals surface area contributed by atoms with Crippen LogP contribution in [-0.4, -0.2) is 11.7 Å². The minimum atomic E-state index is 0.260. The van der Waals surface area contributed by atoms with Gasteiger partial charge in [0.15, 0.2) is 0 Å². The van der Waals surface area contributed by atoms with Crippen molar-refractivity contribution in [2.24, 2.45) is 0 Å². The Morgan fingerprint density at radius 2 is 1.30 bits per heavy atom. The minimum absolute atomic E-state index is 0.260. The van der Waals surface area contributed by atoms with Crippen LogP contribution in [0.25, 0.3) is 0 Å². The summed E-state index contributed by atoms with van der Waals surface area (Å²) >= 11 is 11.2. The summed E-state index contributed by atoms with van der Waals surface area (Å²) in [7, 11) is 19.9. The van der Waals surface area contributed by atoms with Crippen molar-refractivity contribution in [3.05, 3.63) is 21.9 Å². The number of aliphatic hydroxyl groups is 1.